The molecule has 2 aromatic carbocycles. The van der Waals surface area contributed by atoms with Crippen LogP contribution in [-0.2, 0) is 12.8 Å². The monoisotopic (exact) mass is 439 g/mol. The lowest BCUT2D eigenvalue weighted by Crippen LogP contribution is -2.05. The van der Waals surface area contributed by atoms with E-state index in [1.165, 1.54) is 18.2 Å². The molecule has 0 fully saturated rings. The van der Waals surface area contributed by atoms with E-state index in [0.29, 0.717) is 17.0 Å². The summed E-state index contributed by atoms with van der Waals surface area (Å²) >= 11 is 0. The lowest BCUT2D eigenvalue weighted by Gasteiger charge is -2.15. The minimum atomic E-state index is -4.37. The van der Waals surface area contributed by atoms with Gasteiger partial charge in [0.05, 0.1) is 11.3 Å². The highest BCUT2D eigenvalue weighted by atomic mass is 19.4. The molecular formula is C25H20F3NO3. The van der Waals surface area contributed by atoms with Crippen LogP contribution in [0.3, 0.4) is 0 Å². The van der Waals surface area contributed by atoms with Gasteiger partial charge in [-0.05, 0) is 66.3 Å². The summed E-state index contributed by atoms with van der Waals surface area (Å²) in [6.07, 6.45) is -1.88. The first-order chi connectivity index (χ1) is 15.3. The van der Waals surface area contributed by atoms with E-state index in [0.717, 1.165) is 48.1 Å². The molecule has 0 atom stereocenters. The van der Waals surface area contributed by atoms with Crippen LogP contribution in [0, 0.1) is 0 Å². The van der Waals surface area contributed by atoms with Gasteiger partial charge in [-0.15, -0.1) is 0 Å². The molecule has 0 spiro atoms. The highest BCUT2D eigenvalue weighted by Gasteiger charge is 2.30. The van der Waals surface area contributed by atoms with E-state index in [1.54, 1.807) is 12.1 Å². The lowest BCUT2D eigenvalue weighted by molar-refractivity contribution is -0.137. The second-order valence-corrected chi connectivity index (χ2v) is 7.50. The second kappa shape index (κ2) is 8.86. The summed E-state index contributed by atoms with van der Waals surface area (Å²) < 4.78 is 44.3. The molecule has 164 valence electrons. The smallest absolute Gasteiger partial charge is 0.416 e. The van der Waals surface area contributed by atoms with Gasteiger partial charge < -0.3 is 9.84 Å². The zero-order valence-corrected chi connectivity index (χ0v) is 17.0. The number of rotatable bonds is 6. The molecule has 1 aliphatic carbocycles. The Kier molecular flexibility index (Phi) is 5.99. The van der Waals surface area contributed by atoms with Gasteiger partial charge in [-0.25, -0.2) is 9.78 Å². The van der Waals surface area contributed by atoms with Crippen molar-refractivity contribution in [3.63, 3.8) is 0 Å². The summed E-state index contributed by atoms with van der Waals surface area (Å²) in [4.78, 5) is 15.6. The predicted octanol–water partition coefficient (Wildman–Crippen LogP) is 6.47. The molecule has 1 aliphatic rings. The first kappa shape index (κ1) is 21.6. The molecule has 0 saturated carbocycles. The SMILES string of the molecule is O=C(O)c1cccc(C2=C(c3ccccc3OCc3ccc(C(F)(F)F)cc3)CCC2)n1. The van der Waals surface area contributed by atoms with Gasteiger partial charge in [0.15, 0.2) is 0 Å². The van der Waals surface area contributed by atoms with Gasteiger partial charge in [-0.1, -0.05) is 36.4 Å². The fourth-order valence-corrected chi connectivity index (χ4v) is 3.84. The number of para-hydroxylation sites is 1. The van der Waals surface area contributed by atoms with Crippen LogP contribution in [0.1, 0.15) is 52.1 Å². The molecular weight excluding hydrogens is 419 g/mol. The van der Waals surface area contributed by atoms with Crippen LogP contribution in [0.2, 0.25) is 0 Å². The van der Waals surface area contributed by atoms with Crippen LogP contribution in [0.15, 0.2) is 66.7 Å². The maximum absolute atomic E-state index is 12.8. The summed E-state index contributed by atoms with van der Waals surface area (Å²) in [7, 11) is 0. The fourth-order valence-electron chi connectivity index (χ4n) is 3.84. The number of aromatic nitrogens is 1. The standard InChI is InChI=1S/C25H20F3NO3/c26-25(27,28)17-13-11-16(12-14-17)15-32-23-10-2-1-5-20(23)18-6-3-7-19(18)21-8-4-9-22(29-21)24(30)31/h1-2,4-5,8-14H,3,6-7,15H2,(H,30,31). The van der Waals surface area contributed by atoms with Gasteiger partial charge in [0.1, 0.15) is 18.1 Å². The number of alkyl halides is 3. The Bertz CT molecular complexity index is 1170. The van der Waals surface area contributed by atoms with Gasteiger partial charge in [0, 0.05) is 5.56 Å². The first-order valence-corrected chi connectivity index (χ1v) is 10.1. The van der Waals surface area contributed by atoms with Crippen molar-refractivity contribution in [1.29, 1.82) is 0 Å². The molecule has 0 saturated heterocycles. The van der Waals surface area contributed by atoms with Crippen LogP contribution >= 0.6 is 0 Å². The van der Waals surface area contributed by atoms with E-state index in [2.05, 4.69) is 4.98 Å². The van der Waals surface area contributed by atoms with Gasteiger partial charge in [-0.3, -0.25) is 0 Å². The van der Waals surface area contributed by atoms with Crippen LogP contribution in [0.5, 0.6) is 5.75 Å². The number of nitrogens with zero attached hydrogens (tertiary/aromatic N) is 1. The molecule has 1 heterocycles. The Labute approximate surface area is 183 Å². The zero-order valence-electron chi connectivity index (χ0n) is 17.0. The molecule has 1 N–H and O–H groups in total. The number of ether oxygens (including phenoxy) is 1. The number of allylic oxidation sites excluding steroid dienone is 2. The Morgan fingerprint density at radius 1 is 0.938 bits per heavy atom. The maximum Gasteiger partial charge on any atom is 0.416 e. The minimum Gasteiger partial charge on any atom is -0.488 e. The number of hydrogen-bond acceptors (Lipinski definition) is 3. The summed E-state index contributed by atoms with van der Waals surface area (Å²) in [5.74, 6) is -0.455. The van der Waals surface area contributed by atoms with Crippen molar-refractivity contribution in [1.82, 2.24) is 4.98 Å². The normalized spacial score (nSPS) is 14.0. The van der Waals surface area contributed by atoms with Crippen LogP contribution < -0.4 is 4.74 Å². The molecule has 3 aromatic rings. The number of carboxylic acids is 1. The third kappa shape index (κ3) is 4.66. The van der Waals surface area contributed by atoms with E-state index < -0.39 is 17.7 Å². The van der Waals surface area contributed by atoms with Crippen LogP contribution in [-0.4, -0.2) is 16.1 Å². The Hall–Kier alpha value is -3.61. The summed E-state index contributed by atoms with van der Waals surface area (Å²) in [6, 6.07) is 17.3. The topological polar surface area (TPSA) is 59.4 Å². The van der Waals surface area contributed by atoms with Crippen molar-refractivity contribution in [3.05, 3.63) is 94.8 Å². The van der Waals surface area contributed by atoms with E-state index in [-0.39, 0.29) is 12.3 Å². The van der Waals surface area contributed by atoms with Crippen molar-refractivity contribution in [2.75, 3.05) is 0 Å². The van der Waals surface area contributed by atoms with Crippen LogP contribution in [0.25, 0.3) is 11.1 Å². The number of pyridine rings is 1. The van der Waals surface area contributed by atoms with E-state index in [1.807, 2.05) is 24.3 Å². The molecule has 7 heteroatoms. The molecule has 0 bridgehead atoms. The van der Waals surface area contributed by atoms with Gasteiger partial charge >= 0.3 is 12.1 Å². The molecule has 0 unspecified atom stereocenters. The lowest BCUT2D eigenvalue weighted by atomic mass is 9.99. The molecule has 4 nitrogen and oxygen atoms in total. The third-order valence-electron chi connectivity index (χ3n) is 5.38. The van der Waals surface area contributed by atoms with Crippen molar-refractivity contribution in [3.8, 4) is 5.75 Å². The first-order valence-electron chi connectivity index (χ1n) is 10.1. The van der Waals surface area contributed by atoms with Gasteiger partial charge in [-0.2, -0.15) is 13.2 Å². The molecule has 1 aromatic heterocycles. The number of carbonyl (C=O) groups is 1. The Morgan fingerprint density at radius 3 is 2.38 bits per heavy atom. The molecule has 0 aliphatic heterocycles. The highest BCUT2D eigenvalue weighted by molar-refractivity contribution is 5.94. The van der Waals surface area contributed by atoms with Crippen LogP contribution in [0.4, 0.5) is 13.2 Å². The minimum absolute atomic E-state index is 0.00640. The number of halogens is 3. The highest BCUT2D eigenvalue weighted by Crippen LogP contribution is 2.42. The fraction of sp³-hybridized carbons (Fsp3) is 0.200. The van der Waals surface area contributed by atoms with Gasteiger partial charge in [0.25, 0.3) is 0 Å². The summed E-state index contributed by atoms with van der Waals surface area (Å²) in [6.45, 7) is 0.129. The average molecular weight is 439 g/mol. The van der Waals surface area contributed by atoms with Crippen molar-refractivity contribution >= 4 is 17.1 Å². The Morgan fingerprint density at radius 2 is 1.66 bits per heavy atom. The van der Waals surface area contributed by atoms with Crippen molar-refractivity contribution < 1.29 is 27.8 Å². The van der Waals surface area contributed by atoms with Crippen molar-refractivity contribution in [2.24, 2.45) is 0 Å². The third-order valence-corrected chi connectivity index (χ3v) is 5.38. The number of aromatic carboxylic acids is 1. The summed E-state index contributed by atoms with van der Waals surface area (Å²) in [5, 5.41) is 9.26. The van der Waals surface area contributed by atoms with Crippen molar-refractivity contribution in [2.45, 2.75) is 32.0 Å². The molecule has 32 heavy (non-hydrogen) atoms. The number of carboxylic acid groups (broad SMARTS) is 1. The summed E-state index contributed by atoms with van der Waals surface area (Å²) in [5.41, 5.74) is 3.47. The predicted molar refractivity (Wildman–Crippen MR) is 114 cm³/mol. The van der Waals surface area contributed by atoms with E-state index >= 15 is 0 Å². The van der Waals surface area contributed by atoms with Gasteiger partial charge in [0.2, 0.25) is 0 Å². The largest absolute Gasteiger partial charge is 0.488 e. The average Bonchev–Trinajstić information content (AvgIpc) is 3.27. The van der Waals surface area contributed by atoms with E-state index in [4.69, 9.17) is 4.74 Å². The zero-order chi connectivity index (χ0) is 22.7. The quantitative estimate of drug-likeness (QED) is 0.478. The van der Waals surface area contributed by atoms with E-state index in [9.17, 15) is 23.1 Å². The molecule has 4 rings (SSSR count). The maximum atomic E-state index is 12.8. The molecule has 0 radical (unpaired) electrons. The number of benzene rings is 2. The molecule has 0 amide bonds. The second-order valence-electron chi connectivity index (χ2n) is 7.50. The number of hydrogen-bond donors (Lipinski definition) is 1. The Balaban J connectivity index is 1.61.